The smallest absolute Gasteiger partial charge is 0.340 e. The van der Waals surface area contributed by atoms with E-state index in [4.69, 9.17) is 9.47 Å². The number of unbranched alkanes of at least 4 members (excludes halogenated alkanes) is 1. The van der Waals surface area contributed by atoms with Crippen molar-refractivity contribution >= 4 is 5.97 Å². The van der Waals surface area contributed by atoms with E-state index in [2.05, 4.69) is 30.7 Å². The fraction of sp³-hybridized carbons (Fsp3) is 0.680. The van der Waals surface area contributed by atoms with E-state index in [1.54, 1.807) is 0 Å². The highest BCUT2D eigenvalue weighted by molar-refractivity contribution is 5.74. The van der Waals surface area contributed by atoms with Gasteiger partial charge >= 0.3 is 5.97 Å². The fourth-order valence-corrected chi connectivity index (χ4v) is 4.47. The van der Waals surface area contributed by atoms with Crippen LogP contribution >= 0.6 is 0 Å². The van der Waals surface area contributed by atoms with Gasteiger partial charge in [0.2, 0.25) is 0 Å². The SMILES string of the molecule is CCCC[C@@H](F)C(=O)O[C@H]1CC[C@H](COc2ccc(C3CC[CH]CC3)cc2)CC1. The van der Waals surface area contributed by atoms with Gasteiger partial charge in [0, 0.05) is 0 Å². The van der Waals surface area contributed by atoms with Gasteiger partial charge < -0.3 is 9.47 Å². The van der Waals surface area contributed by atoms with Gasteiger partial charge in [0.15, 0.2) is 6.17 Å². The van der Waals surface area contributed by atoms with Gasteiger partial charge in [-0.1, -0.05) is 31.9 Å². The molecule has 0 N–H and O–H groups in total. The third kappa shape index (κ3) is 7.01. The quantitative estimate of drug-likeness (QED) is 0.438. The van der Waals surface area contributed by atoms with Crippen molar-refractivity contribution < 1.29 is 18.7 Å². The van der Waals surface area contributed by atoms with Crippen molar-refractivity contribution in [1.82, 2.24) is 0 Å². The molecular formula is C25H36FO3. The minimum absolute atomic E-state index is 0.134. The van der Waals surface area contributed by atoms with Gasteiger partial charge in [-0.3, -0.25) is 0 Å². The Bertz CT molecular complexity index is 601. The summed E-state index contributed by atoms with van der Waals surface area (Å²) in [5.41, 5.74) is 1.43. The molecule has 0 amide bonds. The van der Waals surface area contributed by atoms with E-state index in [9.17, 15) is 9.18 Å². The van der Waals surface area contributed by atoms with Crippen molar-refractivity contribution in [2.75, 3.05) is 6.61 Å². The van der Waals surface area contributed by atoms with Crippen molar-refractivity contribution in [2.45, 2.75) is 95.7 Å². The number of carbonyl (C=O) groups excluding carboxylic acids is 1. The third-order valence-electron chi connectivity index (χ3n) is 6.42. The summed E-state index contributed by atoms with van der Waals surface area (Å²) in [5, 5.41) is 0. The maximum atomic E-state index is 13.8. The van der Waals surface area contributed by atoms with Crippen LogP contribution in [0.15, 0.2) is 24.3 Å². The minimum Gasteiger partial charge on any atom is -0.493 e. The Morgan fingerprint density at radius 1 is 1.07 bits per heavy atom. The molecule has 2 aliphatic carbocycles. The first kappa shape index (κ1) is 22.1. The van der Waals surface area contributed by atoms with E-state index in [0.29, 0.717) is 18.4 Å². The maximum absolute atomic E-state index is 13.8. The lowest BCUT2D eigenvalue weighted by atomic mass is 9.84. The van der Waals surface area contributed by atoms with E-state index < -0.39 is 12.1 Å². The molecular weight excluding hydrogens is 367 g/mol. The van der Waals surface area contributed by atoms with E-state index in [-0.39, 0.29) is 12.5 Å². The van der Waals surface area contributed by atoms with E-state index >= 15 is 0 Å². The van der Waals surface area contributed by atoms with Gasteiger partial charge in [-0.2, -0.15) is 0 Å². The van der Waals surface area contributed by atoms with Crippen LogP contribution in [0, 0.1) is 12.3 Å². The van der Waals surface area contributed by atoms with E-state index in [0.717, 1.165) is 44.3 Å². The molecule has 0 heterocycles. The van der Waals surface area contributed by atoms with Crippen LogP contribution in [0.5, 0.6) is 5.75 Å². The zero-order valence-electron chi connectivity index (χ0n) is 17.8. The molecule has 4 heteroatoms. The van der Waals surface area contributed by atoms with Crippen LogP contribution in [0.2, 0.25) is 0 Å². The van der Waals surface area contributed by atoms with E-state index in [1.807, 2.05) is 6.92 Å². The number of alkyl halides is 1. The largest absolute Gasteiger partial charge is 0.493 e. The number of carbonyl (C=O) groups is 1. The molecule has 2 aliphatic rings. The molecule has 0 saturated heterocycles. The molecule has 0 spiro atoms. The van der Waals surface area contributed by atoms with Crippen molar-refractivity contribution in [3.8, 4) is 5.75 Å². The van der Waals surface area contributed by atoms with Crippen LogP contribution < -0.4 is 4.74 Å². The summed E-state index contributed by atoms with van der Waals surface area (Å²) in [6, 6.07) is 8.62. The summed E-state index contributed by atoms with van der Waals surface area (Å²) in [6.07, 6.45) is 11.2. The molecule has 3 rings (SSSR count). The van der Waals surface area contributed by atoms with Crippen molar-refractivity contribution in [2.24, 2.45) is 5.92 Å². The summed E-state index contributed by atoms with van der Waals surface area (Å²) < 4.78 is 25.2. The van der Waals surface area contributed by atoms with Gasteiger partial charge in [0.05, 0.1) is 6.61 Å². The molecule has 1 aromatic rings. The fourth-order valence-electron chi connectivity index (χ4n) is 4.47. The average Bonchev–Trinajstić information content (AvgIpc) is 2.78. The molecule has 0 unspecified atom stereocenters. The van der Waals surface area contributed by atoms with Crippen LogP contribution in [-0.4, -0.2) is 24.9 Å². The molecule has 1 aromatic carbocycles. The highest BCUT2D eigenvalue weighted by atomic mass is 19.1. The lowest BCUT2D eigenvalue weighted by molar-refractivity contribution is -0.157. The van der Waals surface area contributed by atoms with Crippen LogP contribution in [0.1, 0.15) is 89.0 Å². The van der Waals surface area contributed by atoms with Crippen molar-refractivity contribution in [1.29, 1.82) is 0 Å². The lowest BCUT2D eigenvalue weighted by Crippen LogP contribution is -2.30. The topological polar surface area (TPSA) is 35.5 Å². The predicted octanol–water partition coefficient (Wildman–Crippen LogP) is 6.56. The molecule has 3 nitrogen and oxygen atoms in total. The number of ether oxygens (including phenoxy) is 2. The second kappa shape index (κ2) is 11.6. The average molecular weight is 404 g/mol. The monoisotopic (exact) mass is 403 g/mol. The summed E-state index contributed by atoms with van der Waals surface area (Å²) >= 11 is 0. The molecule has 0 aliphatic heterocycles. The van der Waals surface area contributed by atoms with Crippen LogP contribution in [0.4, 0.5) is 4.39 Å². The second-order valence-electron chi connectivity index (χ2n) is 8.71. The molecule has 1 radical (unpaired) electrons. The number of hydrogen-bond donors (Lipinski definition) is 0. The van der Waals surface area contributed by atoms with Gasteiger partial charge in [-0.15, -0.1) is 0 Å². The van der Waals surface area contributed by atoms with Crippen molar-refractivity contribution in [3.05, 3.63) is 36.2 Å². The summed E-state index contributed by atoms with van der Waals surface area (Å²) in [4.78, 5) is 11.8. The molecule has 0 aromatic heterocycles. The zero-order valence-corrected chi connectivity index (χ0v) is 17.8. The Balaban J connectivity index is 1.35. The van der Waals surface area contributed by atoms with Gasteiger partial charge in [0.1, 0.15) is 11.9 Å². The maximum Gasteiger partial charge on any atom is 0.340 e. The molecule has 161 valence electrons. The zero-order chi connectivity index (χ0) is 20.5. The first-order chi connectivity index (χ1) is 14.2. The minimum atomic E-state index is -1.47. The summed E-state index contributed by atoms with van der Waals surface area (Å²) in [5.74, 6) is 1.42. The predicted molar refractivity (Wildman–Crippen MR) is 114 cm³/mol. The molecule has 2 fully saturated rings. The van der Waals surface area contributed by atoms with E-state index in [1.165, 1.54) is 31.2 Å². The molecule has 0 bridgehead atoms. The number of rotatable bonds is 9. The first-order valence-corrected chi connectivity index (χ1v) is 11.5. The van der Waals surface area contributed by atoms with Gasteiger partial charge in [-0.05, 0) is 93.7 Å². The Kier molecular flexibility index (Phi) is 8.82. The second-order valence-corrected chi connectivity index (χ2v) is 8.71. The summed E-state index contributed by atoms with van der Waals surface area (Å²) in [6.45, 7) is 2.69. The van der Waals surface area contributed by atoms with Crippen LogP contribution in [0.3, 0.4) is 0 Å². The Morgan fingerprint density at radius 2 is 1.76 bits per heavy atom. The number of halogens is 1. The third-order valence-corrected chi connectivity index (χ3v) is 6.42. The molecule has 2 saturated carbocycles. The van der Waals surface area contributed by atoms with Crippen LogP contribution in [0.25, 0.3) is 0 Å². The Labute approximate surface area is 175 Å². The number of esters is 1. The highest BCUT2D eigenvalue weighted by Gasteiger charge is 2.27. The molecule has 29 heavy (non-hydrogen) atoms. The standard InChI is InChI=1S/C25H36FO3/c1-2-3-9-24(26)25(27)29-23-14-10-19(11-15-23)18-28-22-16-12-21(13-17-22)20-7-5-4-6-8-20/h4,12-13,16-17,19-20,23-24H,2-3,5-11,14-15,18H2,1H3/t19-,23-,24-/m1/s1. The normalized spacial score (nSPS) is 24.1. The highest BCUT2D eigenvalue weighted by Crippen LogP contribution is 2.33. The first-order valence-electron chi connectivity index (χ1n) is 11.5. The number of benzene rings is 1. The van der Waals surface area contributed by atoms with Gasteiger partial charge in [0.25, 0.3) is 0 Å². The Hall–Kier alpha value is -1.58. The van der Waals surface area contributed by atoms with Gasteiger partial charge in [-0.25, -0.2) is 9.18 Å². The Morgan fingerprint density at radius 3 is 2.41 bits per heavy atom. The van der Waals surface area contributed by atoms with Crippen molar-refractivity contribution in [3.63, 3.8) is 0 Å². The lowest BCUT2D eigenvalue weighted by Gasteiger charge is -2.28. The number of hydrogen-bond acceptors (Lipinski definition) is 3. The van der Waals surface area contributed by atoms with Crippen LogP contribution in [-0.2, 0) is 9.53 Å². The molecule has 1 atom stereocenters. The summed E-state index contributed by atoms with van der Waals surface area (Å²) in [7, 11) is 0.